The molecule has 0 saturated carbocycles. The molecule has 0 spiro atoms. The molecule has 0 unspecified atom stereocenters. The first kappa shape index (κ1) is 32.4. The third-order valence-corrected chi connectivity index (χ3v) is 9.53. The van der Waals surface area contributed by atoms with E-state index in [4.69, 9.17) is 4.74 Å². The average Bonchev–Trinajstić information content (AvgIpc) is 3.12. The van der Waals surface area contributed by atoms with E-state index in [1.807, 2.05) is 48.5 Å². The van der Waals surface area contributed by atoms with Crippen molar-refractivity contribution in [1.82, 2.24) is 20.0 Å². The molecule has 5 aromatic rings. The number of halogens is 3. The van der Waals surface area contributed by atoms with Crippen LogP contribution in [0, 0.1) is 0 Å². The molecule has 1 amide bonds. The lowest BCUT2D eigenvalue weighted by molar-refractivity contribution is -0.141. The number of para-hydroxylation sites is 2. The van der Waals surface area contributed by atoms with Gasteiger partial charge in [0.1, 0.15) is 23.5 Å². The van der Waals surface area contributed by atoms with E-state index in [9.17, 15) is 22.8 Å². The molecular weight excluding hydrogens is 631 g/mol. The standard InChI is InChI=1S/C38H36F3N5O3/c39-38(40,41)26-42-36(48)37(31-11-4-6-13-33(31)49-34-14-7-5-12-32(34)37)17-8-18-44-19-21-45(22-20-44)29-16-15-28-24-43-46(35(47)30(28)23-29)25-27-9-2-1-3-10-27/h1-7,9-16,23-24H,8,17-22,25-26H2,(H,42,48). The van der Waals surface area contributed by atoms with Gasteiger partial charge in [-0.15, -0.1) is 0 Å². The Labute approximate surface area is 281 Å². The second-order valence-electron chi connectivity index (χ2n) is 12.6. The molecule has 1 saturated heterocycles. The minimum atomic E-state index is -4.54. The Morgan fingerprint density at radius 1 is 0.857 bits per heavy atom. The normalized spacial score (nSPS) is 15.7. The molecule has 1 aromatic heterocycles. The number of nitrogens with zero attached hydrogens (tertiary/aromatic N) is 4. The van der Waals surface area contributed by atoms with Crippen molar-refractivity contribution in [2.45, 2.75) is 31.0 Å². The number of rotatable bonds is 9. The molecule has 0 bridgehead atoms. The number of benzene rings is 4. The molecule has 0 atom stereocenters. The SMILES string of the molecule is O=C(NCC(F)(F)F)C1(CCCN2CCN(c3ccc4cnn(Cc5ccccc5)c(=O)c4c3)CC2)c2ccccc2Oc2ccccc21. The Bertz CT molecular complexity index is 1980. The average molecular weight is 668 g/mol. The Balaban J connectivity index is 1.05. The zero-order valence-corrected chi connectivity index (χ0v) is 26.8. The van der Waals surface area contributed by atoms with Crippen LogP contribution in [0.4, 0.5) is 18.9 Å². The van der Waals surface area contributed by atoms with Crippen molar-refractivity contribution in [2.24, 2.45) is 0 Å². The smallest absolute Gasteiger partial charge is 0.405 e. The van der Waals surface area contributed by atoms with Gasteiger partial charge in [0.2, 0.25) is 5.91 Å². The van der Waals surface area contributed by atoms with E-state index in [1.165, 1.54) is 4.68 Å². The molecule has 7 rings (SSSR count). The van der Waals surface area contributed by atoms with E-state index in [1.54, 1.807) is 54.7 Å². The van der Waals surface area contributed by atoms with E-state index in [0.29, 0.717) is 53.9 Å². The molecular formula is C38H36F3N5O3. The summed E-state index contributed by atoms with van der Waals surface area (Å²) in [6.07, 6.45) is -1.93. The summed E-state index contributed by atoms with van der Waals surface area (Å²) in [5.74, 6) is 0.247. The number of carbonyl (C=O) groups is 1. The fraction of sp³-hybridized carbons (Fsp3) is 0.289. The van der Waals surface area contributed by atoms with Crippen molar-refractivity contribution in [3.63, 3.8) is 0 Å². The number of piperazine rings is 1. The van der Waals surface area contributed by atoms with Gasteiger partial charge in [0.15, 0.2) is 0 Å². The van der Waals surface area contributed by atoms with Crippen LogP contribution in [-0.4, -0.2) is 66.0 Å². The number of alkyl halides is 3. The first-order valence-electron chi connectivity index (χ1n) is 16.4. The zero-order valence-electron chi connectivity index (χ0n) is 26.8. The lowest BCUT2D eigenvalue weighted by Gasteiger charge is -2.40. The summed E-state index contributed by atoms with van der Waals surface area (Å²) in [7, 11) is 0. The molecule has 2 aliphatic heterocycles. The van der Waals surface area contributed by atoms with Gasteiger partial charge < -0.3 is 15.0 Å². The highest BCUT2D eigenvalue weighted by Crippen LogP contribution is 2.50. The molecule has 0 aliphatic carbocycles. The maximum atomic E-state index is 13.9. The predicted molar refractivity (Wildman–Crippen MR) is 182 cm³/mol. The number of nitrogens with one attached hydrogen (secondary N) is 1. The molecule has 8 nitrogen and oxygen atoms in total. The molecule has 2 aliphatic rings. The van der Waals surface area contributed by atoms with Gasteiger partial charge in [-0.25, -0.2) is 4.68 Å². The first-order valence-corrected chi connectivity index (χ1v) is 16.4. The molecule has 1 N–H and O–H groups in total. The number of carbonyl (C=O) groups excluding carboxylic acids is 1. The van der Waals surface area contributed by atoms with Gasteiger partial charge in [-0.3, -0.25) is 14.5 Å². The monoisotopic (exact) mass is 667 g/mol. The molecule has 1 fully saturated rings. The predicted octanol–water partition coefficient (Wildman–Crippen LogP) is 6.12. The van der Waals surface area contributed by atoms with E-state index in [2.05, 4.69) is 20.2 Å². The lowest BCUT2D eigenvalue weighted by atomic mass is 9.68. The summed E-state index contributed by atoms with van der Waals surface area (Å²) in [5.41, 5.74) is 1.62. The van der Waals surface area contributed by atoms with Crippen LogP contribution in [0.5, 0.6) is 11.5 Å². The fourth-order valence-electron chi connectivity index (χ4n) is 7.07. The molecule has 252 valence electrons. The third-order valence-electron chi connectivity index (χ3n) is 9.53. The van der Waals surface area contributed by atoms with Crippen molar-refractivity contribution in [1.29, 1.82) is 0 Å². The quantitative estimate of drug-likeness (QED) is 0.204. The van der Waals surface area contributed by atoms with Gasteiger partial charge in [-0.2, -0.15) is 18.3 Å². The van der Waals surface area contributed by atoms with Crippen LogP contribution < -0.4 is 20.5 Å². The van der Waals surface area contributed by atoms with Crippen molar-refractivity contribution in [2.75, 3.05) is 44.2 Å². The van der Waals surface area contributed by atoms with Crippen LogP contribution in [-0.2, 0) is 16.8 Å². The summed E-state index contributed by atoms with van der Waals surface area (Å²) in [4.78, 5) is 31.8. The van der Waals surface area contributed by atoms with Gasteiger partial charge in [-0.05, 0) is 49.2 Å². The zero-order chi connectivity index (χ0) is 34.0. The van der Waals surface area contributed by atoms with Gasteiger partial charge >= 0.3 is 6.18 Å². The van der Waals surface area contributed by atoms with Crippen molar-refractivity contribution in [3.8, 4) is 11.5 Å². The summed E-state index contributed by atoms with van der Waals surface area (Å²) in [5, 5.41) is 7.99. The molecule has 49 heavy (non-hydrogen) atoms. The second kappa shape index (κ2) is 13.4. The van der Waals surface area contributed by atoms with Crippen LogP contribution in [0.3, 0.4) is 0 Å². The van der Waals surface area contributed by atoms with Crippen molar-refractivity contribution >= 4 is 22.4 Å². The Hall–Kier alpha value is -5.16. The molecule has 11 heteroatoms. The fourth-order valence-corrected chi connectivity index (χ4v) is 7.07. The Morgan fingerprint density at radius 3 is 2.18 bits per heavy atom. The van der Waals surface area contributed by atoms with Gasteiger partial charge in [-0.1, -0.05) is 72.8 Å². The summed E-state index contributed by atoms with van der Waals surface area (Å²) >= 11 is 0. The number of hydrogen-bond donors (Lipinski definition) is 1. The van der Waals surface area contributed by atoms with Crippen molar-refractivity contribution in [3.05, 3.63) is 130 Å². The van der Waals surface area contributed by atoms with Crippen LogP contribution in [0.2, 0.25) is 0 Å². The molecule has 0 radical (unpaired) electrons. The molecule has 3 heterocycles. The number of hydrogen-bond acceptors (Lipinski definition) is 6. The highest BCUT2D eigenvalue weighted by molar-refractivity contribution is 5.94. The summed E-state index contributed by atoms with van der Waals surface area (Å²) in [6.45, 7) is 2.66. The van der Waals surface area contributed by atoms with E-state index >= 15 is 0 Å². The number of fused-ring (bicyclic) bond motifs is 3. The van der Waals surface area contributed by atoms with Crippen LogP contribution in [0.1, 0.15) is 29.5 Å². The highest BCUT2D eigenvalue weighted by atomic mass is 19.4. The van der Waals surface area contributed by atoms with E-state index in [-0.39, 0.29) is 5.56 Å². The number of ether oxygens (including phenoxy) is 1. The van der Waals surface area contributed by atoms with E-state index < -0.39 is 24.0 Å². The lowest BCUT2D eigenvalue weighted by Crippen LogP contribution is -2.50. The second-order valence-corrected chi connectivity index (χ2v) is 12.6. The highest BCUT2D eigenvalue weighted by Gasteiger charge is 2.48. The summed E-state index contributed by atoms with van der Waals surface area (Å²) in [6, 6.07) is 29.8. The Kier molecular flexibility index (Phi) is 8.85. The minimum absolute atomic E-state index is 0.133. The minimum Gasteiger partial charge on any atom is -0.457 e. The van der Waals surface area contributed by atoms with Crippen LogP contribution >= 0.6 is 0 Å². The van der Waals surface area contributed by atoms with Crippen LogP contribution in [0.15, 0.2) is 108 Å². The summed E-state index contributed by atoms with van der Waals surface area (Å²) < 4.78 is 47.4. The van der Waals surface area contributed by atoms with Gasteiger partial charge in [0.05, 0.1) is 18.1 Å². The van der Waals surface area contributed by atoms with Gasteiger partial charge in [0, 0.05) is 48.4 Å². The van der Waals surface area contributed by atoms with Crippen LogP contribution in [0.25, 0.3) is 10.8 Å². The first-order chi connectivity index (χ1) is 23.7. The molecule has 4 aromatic carbocycles. The van der Waals surface area contributed by atoms with E-state index in [0.717, 1.165) is 42.8 Å². The van der Waals surface area contributed by atoms with Gasteiger partial charge in [0.25, 0.3) is 5.56 Å². The number of anilines is 1. The third kappa shape index (κ3) is 6.63. The van der Waals surface area contributed by atoms with Crippen molar-refractivity contribution < 1.29 is 22.7 Å². The topological polar surface area (TPSA) is 79.7 Å². The number of aromatic nitrogens is 2. The number of amides is 1. The maximum absolute atomic E-state index is 13.9. The maximum Gasteiger partial charge on any atom is 0.405 e. The largest absolute Gasteiger partial charge is 0.457 e. The Morgan fingerprint density at radius 2 is 1.51 bits per heavy atom.